The van der Waals surface area contributed by atoms with E-state index in [4.69, 9.17) is 5.73 Å². The second-order valence-electron chi connectivity index (χ2n) is 4.65. The van der Waals surface area contributed by atoms with Gasteiger partial charge in [-0.1, -0.05) is 19.4 Å². The molecule has 1 saturated heterocycles. The first-order valence-electron chi connectivity index (χ1n) is 5.95. The molecular weight excluding hydrogens is 264 g/mol. The topological polar surface area (TPSA) is 29.3 Å². The van der Waals surface area contributed by atoms with Gasteiger partial charge in [-0.2, -0.15) is 0 Å². The van der Waals surface area contributed by atoms with E-state index in [0.717, 1.165) is 22.6 Å². The predicted octanol–water partition coefficient (Wildman–Crippen LogP) is 3.26. The molecule has 0 saturated carbocycles. The summed E-state index contributed by atoms with van der Waals surface area (Å²) in [6.45, 7) is 5.79. The molecule has 0 aromatic heterocycles. The highest BCUT2D eigenvalue weighted by Gasteiger charge is 2.20. The van der Waals surface area contributed by atoms with E-state index in [0.29, 0.717) is 0 Å². The summed E-state index contributed by atoms with van der Waals surface area (Å²) in [5.74, 6) is 0.896. The fourth-order valence-electron chi connectivity index (χ4n) is 2.34. The van der Waals surface area contributed by atoms with Crippen LogP contribution in [0, 0.1) is 5.92 Å². The summed E-state index contributed by atoms with van der Waals surface area (Å²) in [5, 5.41) is 0. The molecule has 1 aliphatic heterocycles. The molecule has 1 aliphatic rings. The van der Waals surface area contributed by atoms with Crippen molar-refractivity contribution in [2.75, 3.05) is 18.8 Å². The van der Waals surface area contributed by atoms with Crippen LogP contribution in [0.25, 0.3) is 0 Å². The lowest BCUT2D eigenvalue weighted by Gasteiger charge is -2.16. The molecule has 1 aromatic rings. The van der Waals surface area contributed by atoms with Gasteiger partial charge in [-0.3, -0.25) is 4.90 Å². The predicted molar refractivity (Wildman–Crippen MR) is 72.2 cm³/mol. The molecule has 88 valence electrons. The fourth-order valence-corrected chi connectivity index (χ4v) is 2.59. The van der Waals surface area contributed by atoms with E-state index >= 15 is 0 Å². The Bertz CT molecular complexity index is 365. The third-order valence-electron chi connectivity index (χ3n) is 3.41. The number of hydrogen-bond donors (Lipinski definition) is 1. The van der Waals surface area contributed by atoms with Crippen molar-refractivity contribution < 1.29 is 0 Å². The highest BCUT2D eigenvalue weighted by Crippen LogP contribution is 2.24. The average molecular weight is 283 g/mol. The van der Waals surface area contributed by atoms with Crippen molar-refractivity contribution in [3.63, 3.8) is 0 Å². The van der Waals surface area contributed by atoms with E-state index in [1.165, 1.54) is 31.5 Å². The van der Waals surface area contributed by atoms with Crippen LogP contribution in [0.5, 0.6) is 0 Å². The van der Waals surface area contributed by atoms with Crippen molar-refractivity contribution in [2.24, 2.45) is 5.92 Å². The minimum atomic E-state index is 0.837. The number of likely N-dealkylation sites (tertiary alicyclic amines) is 1. The molecule has 1 atom stereocenters. The molecule has 1 aromatic carbocycles. The van der Waals surface area contributed by atoms with Gasteiger partial charge >= 0.3 is 0 Å². The first-order chi connectivity index (χ1) is 7.69. The Labute approximate surface area is 106 Å². The molecule has 0 radical (unpaired) electrons. The first kappa shape index (κ1) is 11.9. The minimum Gasteiger partial charge on any atom is -0.398 e. The molecule has 2 rings (SSSR count). The van der Waals surface area contributed by atoms with Gasteiger partial charge < -0.3 is 5.73 Å². The van der Waals surface area contributed by atoms with Gasteiger partial charge in [0.05, 0.1) is 0 Å². The lowest BCUT2D eigenvalue weighted by atomic mass is 10.1. The fraction of sp³-hybridized carbons (Fsp3) is 0.538. The van der Waals surface area contributed by atoms with Crippen molar-refractivity contribution in [1.29, 1.82) is 0 Å². The Morgan fingerprint density at radius 3 is 2.94 bits per heavy atom. The molecule has 0 bridgehead atoms. The third kappa shape index (κ3) is 2.77. The Kier molecular flexibility index (Phi) is 3.87. The van der Waals surface area contributed by atoms with Gasteiger partial charge in [-0.05, 0) is 52.5 Å². The van der Waals surface area contributed by atoms with Crippen LogP contribution in [-0.4, -0.2) is 18.0 Å². The summed E-state index contributed by atoms with van der Waals surface area (Å²) in [5.41, 5.74) is 8.04. The molecule has 1 fully saturated rings. The zero-order valence-electron chi connectivity index (χ0n) is 9.75. The Hall–Kier alpha value is -0.540. The van der Waals surface area contributed by atoms with Gasteiger partial charge in [0, 0.05) is 23.2 Å². The van der Waals surface area contributed by atoms with Gasteiger partial charge in [-0.15, -0.1) is 0 Å². The van der Waals surface area contributed by atoms with Crippen LogP contribution in [0.1, 0.15) is 25.3 Å². The number of hydrogen-bond acceptors (Lipinski definition) is 2. The molecule has 1 heterocycles. The normalized spacial score (nSPS) is 21.5. The third-order valence-corrected chi connectivity index (χ3v) is 4.14. The summed E-state index contributed by atoms with van der Waals surface area (Å²) < 4.78 is 0.990. The van der Waals surface area contributed by atoms with Crippen molar-refractivity contribution in [2.45, 2.75) is 26.3 Å². The molecule has 16 heavy (non-hydrogen) atoms. The van der Waals surface area contributed by atoms with E-state index in [1.54, 1.807) is 0 Å². The van der Waals surface area contributed by atoms with Crippen LogP contribution < -0.4 is 5.73 Å². The minimum absolute atomic E-state index is 0.837. The van der Waals surface area contributed by atoms with E-state index in [9.17, 15) is 0 Å². The smallest absolute Gasteiger partial charge is 0.0461 e. The van der Waals surface area contributed by atoms with Gasteiger partial charge in [0.15, 0.2) is 0 Å². The van der Waals surface area contributed by atoms with E-state index < -0.39 is 0 Å². The Morgan fingerprint density at radius 2 is 2.31 bits per heavy atom. The summed E-state index contributed by atoms with van der Waals surface area (Å²) in [6.07, 6.45) is 2.65. The summed E-state index contributed by atoms with van der Waals surface area (Å²) in [6, 6.07) is 6.26. The van der Waals surface area contributed by atoms with Crippen molar-refractivity contribution in [3.8, 4) is 0 Å². The molecular formula is C13H19BrN2. The highest BCUT2D eigenvalue weighted by molar-refractivity contribution is 9.10. The largest absolute Gasteiger partial charge is 0.398 e. The first-order valence-corrected chi connectivity index (χ1v) is 6.74. The second kappa shape index (κ2) is 5.19. The molecule has 0 amide bonds. The van der Waals surface area contributed by atoms with Crippen LogP contribution in [0.3, 0.4) is 0 Å². The van der Waals surface area contributed by atoms with Crippen LogP contribution in [0.15, 0.2) is 22.7 Å². The van der Waals surface area contributed by atoms with Crippen LogP contribution >= 0.6 is 15.9 Å². The van der Waals surface area contributed by atoms with E-state index in [1.807, 2.05) is 6.07 Å². The second-order valence-corrected chi connectivity index (χ2v) is 5.51. The molecule has 0 aliphatic carbocycles. The standard InChI is InChI=1S/C13H19BrN2/c1-2-10-5-6-16(8-10)9-11-3-4-12(14)13(15)7-11/h3-4,7,10H,2,5-6,8-9,15H2,1H3. The summed E-state index contributed by atoms with van der Waals surface area (Å²) >= 11 is 3.42. The monoisotopic (exact) mass is 282 g/mol. The SMILES string of the molecule is CCC1CCN(Cc2ccc(Br)c(N)c2)C1. The van der Waals surface area contributed by atoms with E-state index in [2.05, 4.69) is 39.9 Å². The molecule has 2 N–H and O–H groups in total. The number of halogens is 1. The van der Waals surface area contributed by atoms with Gasteiger partial charge in [0.25, 0.3) is 0 Å². The Balaban J connectivity index is 1.97. The van der Waals surface area contributed by atoms with Crippen molar-refractivity contribution >= 4 is 21.6 Å². The van der Waals surface area contributed by atoms with Crippen LogP contribution in [0.2, 0.25) is 0 Å². The average Bonchev–Trinajstić information content (AvgIpc) is 2.71. The lowest BCUT2D eigenvalue weighted by Crippen LogP contribution is -2.20. The van der Waals surface area contributed by atoms with Gasteiger partial charge in [0.1, 0.15) is 0 Å². The molecule has 3 heteroatoms. The van der Waals surface area contributed by atoms with Crippen LogP contribution in [0.4, 0.5) is 5.69 Å². The Morgan fingerprint density at radius 1 is 1.50 bits per heavy atom. The van der Waals surface area contributed by atoms with Crippen molar-refractivity contribution in [1.82, 2.24) is 4.90 Å². The summed E-state index contributed by atoms with van der Waals surface area (Å²) in [7, 11) is 0. The maximum absolute atomic E-state index is 5.88. The molecule has 1 unspecified atom stereocenters. The lowest BCUT2D eigenvalue weighted by molar-refractivity contribution is 0.315. The zero-order chi connectivity index (χ0) is 11.5. The maximum atomic E-state index is 5.88. The number of benzene rings is 1. The number of anilines is 1. The van der Waals surface area contributed by atoms with Crippen molar-refractivity contribution in [3.05, 3.63) is 28.2 Å². The van der Waals surface area contributed by atoms with Gasteiger partial charge in [-0.25, -0.2) is 0 Å². The zero-order valence-corrected chi connectivity index (χ0v) is 11.3. The maximum Gasteiger partial charge on any atom is 0.0461 e. The highest BCUT2D eigenvalue weighted by atomic mass is 79.9. The van der Waals surface area contributed by atoms with E-state index in [-0.39, 0.29) is 0 Å². The summed E-state index contributed by atoms with van der Waals surface area (Å²) in [4.78, 5) is 2.52. The molecule has 2 nitrogen and oxygen atoms in total. The quantitative estimate of drug-likeness (QED) is 0.863. The molecule has 0 spiro atoms. The number of nitrogen functional groups attached to an aromatic ring is 1. The van der Waals surface area contributed by atoms with Crippen LogP contribution in [-0.2, 0) is 6.54 Å². The van der Waals surface area contributed by atoms with Gasteiger partial charge in [0.2, 0.25) is 0 Å². The number of nitrogens with zero attached hydrogens (tertiary/aromatic N) is 1. The number of nitrogens with two attached hydrogens (primary N) is 1. The number of rotatable bonds is 3.